The average molecular weight is 504 g/mol. The van der Waals surface area contributed by atoms with Gasteiger partial charge in [-0.2, -0.15) is 0 Å². The van der Waals surface area contributed by atoms with Gasteiger partial charge in [0, 0.05) is 41.8 Å². The molecule has 0 saturated heterocycles. The third kappa shape index (κ3) is 5.41. The number of rotatable bonds is 8. The molecule has 0 radical (unpaired) electrons. The summed E-state index contributed by atoms with van der Waals surface area (Å²) in [5.41, 5.74) is 2.42. The van der Waals surface area contributed by atoms with Crippen LogP contribution in [0.15, 0.2) is 57.9 Å². The van der Waals surface area contributed by atoms with Crippen molar-refractivity contribution in [1.29, 1.82) is 0 Å². The Morgan fingerprint density at radius 3 is 2.53 bits per heavy atom. The van der Waals surface area contributed by atoms with Gasteiger partial charge >= 0.3 is 0 Å². The number of halogens is 2. The van der Waals surface area contributed by atoms with Crippen LogP contribution in [-0.2, 0) is 11.3 Å². The van der Waals surface area contributed by atoms with E-state index >= 15 is 0 Å². The van der Waals surface area contributed by atoms with Gasteiger partial charge in [0.2, 0.25) is 11.3 Å². The summed E-state index contributed by atoms with van der Waals surface area (Å²) in [6.45, 7) is 0.536. The van der Waals surface area contributed by atoms with Gasteiger partial charge in [-0.05, 0) is 55.3 Å². The van der Waals surface area contributed by atoms with Crippen LogP contribution in [0.4, 0.5) is 10.1 Å². The highest BCUT2D eigenvalue weighted by Crippen LogP contribution is 2.21. The maximum Gasteiger partial charge on any atom is 0.263 e. The molecule has 0 spiro atoms. The Bertz CT molecular complexity index is 1190. The zero-order chi connectivity index (χ0) is 23.3. The number of fused-ring (bicyclic) bond motifs is 1. The topological polar surface area (TPSA) is 91.6 Å². The first kappa shape index (κ1) is 23.6. The first-order valence-corrected chi connectivity index (χ1v) is 10.9. The molecule has 0 fully saturated rings. The van der Waals surface area contributed by atoms with Crippen molar-refractivity contribution in [2.24, 2.45) is 0 Å². The van der Waals surface area contributed by atoms with Gasteiger partial charge in [-0.1, -0.05) is 22.4 Å². The second-order valence-electron chi connectivity index (χ2n) is 7.41. The second kappa shape index (κ2) is 10.5. The highest BCUT2D eigenvalue weighted by molar-refractivity contribution is 9.10. The number of anilines is 1. The van der Waals surface area contributed by atoms with E-state index in [-0.39, 0.29) is 17.4 Å². The summed E-state index contributed by atoms with van der Waals surface area (Å²) in [7, 11) is 1.54. The molecule has 2 amide bonds. The van der Waals surface area contributed by atoms with E-state index in [9.17, 15) is 18.8 Å². The Balaban J connectivity index is 1.91. The van der Waals surface area contributed by atoms with Gasteiger partial charge in [-0.25, -0.2) is 9.87 Å². The molecule has 0 bridgehead atoms. The minimum atomic E-state index is -0.486. The predicted octanol–water partition coefficient (Wildman–Crippen LogP) is 4.25. The van der Waals surface area contributed by atoms with Gasteiger partial charge in [0.15, 0.2) is 0 Å². The van der Waals surface area contributed by atoms with Crippen LogP contribution in [0.3, 0.4) is 0 Å². The van der Waals surface area contributed by atoms with E-state index in [2.05, 4.69) is 15.9 Å². The molecule has 3 rings (SSSR count). The van der Waals surface area contributed by atoms with Crippen molar-refractivity contribution >= 4 is 44.3 Å². The first-order valence-electron chi connectivity index (χ1n) is 10.1. The molecular formula is C23H23BrFN3O4. The molecule has 2 aromatic carbocycles. The van der Waals surface area contributed by atoms with Gasteiger partial charge < -0.3 is 9.47 Å². The van der Waals surface area contributed by atoms with Gasteiger partial charge in [-0.15, -0.1) is 0 Å². The molecule has 0 atom stereocenters. The number of hydrogen-bond acceptors (Lipinski definition) is 4. The van der Waals surface area contributed by atoms with Crippen molar-refractivity contribution in [3.05, 3.63) is 74.7 Å². The normalized spacial score (nSPS) is 10.9. The van der Waals surface area contributed by atoms with Crippen molar-refractivity contribution in [3.63, 3.8) is 0 Å². The van der Waals surface area contributed by atoms with Crippen LogP contribution in [0, 0.1) is 5.82 Å². The van der Waals surface area contributed by atoms with E-state index in [1.807, 2.05) is 10.6 Å². The zero-order valence-electron chi connectivity index (χ0n) is 17.5. The Morgan fingerprint density at radius 1 is 1.12 bits per heavy atom. The SMILES string of the molecule is CN(C(=O)c1cn(CCCCCC(=O)NO)c2cc(Br)ccc2c1=O)c1ccc(F)cc1. The molecule has 0 saturated carbocycles. The smallest absolute Gasteiger partial charge is 0.263 e. The molecule has 32 heavy (non-hydrogen) atoms. The lowest BCUT2D eigenvalue weighted by molar-refractivity contribution is -0.129. The lowest BCUT2D eigenvalue weighted by Gasteiger charge is -2.19. The van der Waals surface area contributed by atoms with E-state index in [4.69, 9.17) is 5.21 Å². The molecule has 0 aliphatic heterocycles. The van der Waals surface area contributed by atoms with Gasteiger partial charge in [0.25, 0.3) is 5.91 Å². The number of nitrogens with zero attached hydrogens (tertiary/aromatic N) is 2. The van der Waals surface area contributed by atoms with E-state index in [0.717, 1.165) is 10.9 Å². The molecule has 1 aromatic heterocycles. The van der Waals surface area contributed by atoms with Crippen LogP contribution in [0.25, 0.3) is 10.9 Å². The highest BCUT2D eigenvalue weighted by Gasteiger charge is 2.20. The van der Waals surface area contributed by atoms with Crippen molar-refractivity contribution in [1.82, 2.24) is 10.0 Å². The average Bonchev–Trinajstić information content (AvgIpc) is 2.79. The minimum absolute atomic E-state index is 0.0197. The maximum absolute atomic E-state index is 13.2. The van der Waals surface area contributed by atoms with Gasteiger partial charge in [0.1, 0.15) is 11.4 Å². The second-order valence-corrected chi connectivity index (χ2v) is 8.33. The lowest BCUT2D eigenvalue weighted by Crippen LogP contribution is -2.32. The minimum Gasteiger partial charge on any atom is -0.346 e. The summed E-state index contributed by atoms with van der Waals surface area (Å²) >= 11 is 3.43. The first-order chi connectivity index (χ1) is 15.3. The Hall–Kier alpha value is -3.04. The number of hydroxylamine groups is 1. The molecule has 168 valence electrons. The lowest BCUT2D eigenvalue weighted by atomic mass is 10.1. The van der Waals surface area contributed by atoms with Crippen LogP contribution in [0.1, 0.15) is 36.0 Å². The predicted molar refractivity (Wildman–Crippen MR) is 123 cm³/mol. The molecule has 9 heteroatoms. The molecule has 3 aromatic rings. The fraction of sp³-hybridized carbons (Fsp3) is 0.261. The monoisotopic (exact) mass is 503 g/mol. The number of pyridine rings is 1. The molecule has 2 N–H and O–H groups in total. The zero-order valence-corrected chi connectivity index (χ0v) is 19.1. The van der Waals surface area contributed by atoms with E-state index in [1.165, 1.54) is 36.2 Å². The van der Waals surface area contributed by atoms with Crippen molar-refractivity contribution in [2.75, 3.05) is 11.9 Å². The number of aryl methyl sites for hydroxylation is 1. The Kier molecular flexibility index (Phi) is 7.76. The largest absolute Gasteiger partial charge is 0.346 e. The molecule has 0 unspecified atom stereocenters. The van der Waals surface area contributed by atoms with Crippen LogP contribution in [0.2, 0.25) is 0 Å². The quantitative estimate of drug-likeness (QED) is 0.273. The number of carbonyl (C=O) groups is 2. The summed E-state index contributed by atoms with van der Waals surface area (Å²) in [5.74, 6) is -1.33. The summed E-state index contributed by atoms with van der Waals surface area (Å²) < 4.78 is 15.9. The molecular weight excluding hydrogens is 481 g/mol. The van der Waals surface area contributed by atoms with Crippen molar-refractivity contribution in [3.8, 4) is 0 Å². The fourth-order valence-electron chi connectivity index (χ4n) is 3.46. The summed E-state index contributed by atoms with van der Waals surface area (Å²) in [5, 5.41) is 8.99. The number of carbonyl (C=O) groups excluding carboxylic acids is 2. The third-order valence-electron chi connectivity index (χ3n) is 5.22. The number of amides is 2. The van der Waals surface area contributed by atoms with Crippen LogP contribution in [0.5, 0.6) is 0 Å². The molecule has 0 aliphatic carbocycles. The maximum atomic E-state index is 13.2. The van der Waals surface area contributed by atoms with Crippen LogP contribution < -0.4 is 15.8 Å². The summed E-state index contributed by atoms with van der Waals surface area (Å²) in [6.07, 6.45) is 3.82. The fourth-order valence-corrected chi connectivity index (χ4v) is 3.81. The number of benzene rings is 2. The van der Waals surface area contributed by atoms with Crippen LogP contribution >= 0.6 is 15.9 Å². The highest BCUT2D eigenvalue weighted by atomic mass is 79.9. The Labute approximate surface area is 192 Å². The van der Waals surface area contributed by atoms with E-state index in [1.54, 1.807) is 23.8 Å². The van der Waals surface area contributed by atoms with Gasteiger partial charge in [0.05, 0.1) is 5.52 Å². The molecule has 0 aliphatic rings. The molecule has 7 nitrogen and oxygen atoms in total. The standard InChI is InChI=1S/C23H23BrFN3O4/c1-27(17-9-7-16(25)8-10-17)23(31)19-14-28(12-4-2-3-5-21(29)26-32)20-13-15(24)6-11-18(20)22(19)30/h6-11,13-14,32H,2-5,12H2,1H3,(H,26,29). The van der Waals surface area contributed by atoms with Crippen molar-refractivity contribution < 1.29 is 19.2 Å². The number of unbranched alkanes of at least 4 members (excludes halogenated alkanes) is 2. The summed E-state index contributed by atoms with van der Waals surface area (Å²) in [4.78, 5) is 38.7. The Morgan fingerprint density at radius 2 is 1.84 bits per heavy atom. The summed E-state index contributed by atoms with van der Waals surface area (Å²) in [6, 6.07) is 10.7. The van der Waals surface area contributed by atoms with E-state index in [0.29, 0.717) is 36.0 Å². The number of aromatic nitrogens is 1. The van der Waals surface area contributed by atoms with Crippen molar-refractivity contribution in [2.45, 2.75) is 32.2 Å². The number of nitrogens with one attached hydrogen (secondary N) is 1. The van der Waals surface area contributed by atoms with E-state index < -0.39 is 17.6 Å². The number of hydrogen-bond donors (Lipinski definition) is 2. The third-order valence-corrected chi connectivity index (χ3v) is 5.71. The molecule has 1 heterocycles. The van der Waals surface area contributed by atoms with Crippen LogP contribution in [-0.4, -0.2) is 28.6 Å². The van der Waals surface area contributed by atoms with Gasteiger partial charge in [-0.3, -0.25) is 19.6 Å².